The molecule has 1 aromatic rings. The van der Waals surface area contributed by atoms with Crippen molar-refractivity contribution in [2.45, 2.75) is 26.3 Å². The van der Waals surface area contributed by atoms with E-state index in [4.69, 9.17) is 0 Å². The van der Waals surface area contributed by atoms with Gasteiger partial charge in [-0.3, -0.25) is 4.79 Å². The molecule has 1 unspecified atom stereocenters. The van der Waals surface area contributed by atoms with Crippen molar-refractivity contribution < 1.29 is 4.79 Å². The number of carbonyl (C=O) groups excluding carboxylic acids is 1. The molecular formula is C12H20N2OS. The highest BCUT2D eigenvalue weighted by atomic mass is 32.1. The highest BCUT2D eigenvalue weighted by molar-refractivity contribution is 7.07. The fraction of sp³-hybridized carbons (Fsp3) is 0.583. The molecule has 0 aromatic carbocycles. The van der Waals surface area contributed by atoms with E-state index in [9.17, 15) is 4.79 Å². The molecule has 1 heterocycles. The molecule has 0 aliphatic carbocycles. The lowest BCUT2D eigenvalue weighted by Crippen LogP contribution is -2.39. The Hall–Kier alpha value is -0.870. The van der Waals surface area contributed by atoms with Gasteiger partial charge in [0.1, 0.15) is 0 Å². The summed E-state index contributed by atoms with van der Waals surface area (Å²) in [7, 11) is 1.83. The molecular weight excluding hydrogens is 220 g/mol. The number of hydrogen-bond donors (Lipinski definition) is 1. The van der Waals surface area contributed by atoms with E-state index >= 15 is 0 Å². The van der Waals surface area contributed by atoms with Gasteiger partial charge in [0.15, 0.2) is 0 Å². The Kier molecular flexibility index (Phi) is 5.49. The van der Waals surface area contributed by atoms with Crippen LogP contribution < -0.4 is 5.32 Å². The number of likely N-dealkylation sites (N-methyl/N-ethyl adjacent to an activating group) is 1. The van der Waals surface area contributed by atoms with Gasteiger partial charge in [0, 0.05) is 19.6 Å². The van der Waals surface area contributed by atoms with E-state index < -0.39 is 0 Å². The van der Waals surface area contributed by atoms with Crippen molar-refractivity contribution in [2.24, 2.45) is 0 Å². The SMILES string of the molecule is CCN(C)C(=O)CNC(C)Cc1ccsc1. The number of amides is 1. The van der Waals surface area contributed by atoms with Crippen LogP contribution in [0.25, 0.3) is 0 Å². The van der Waals surface area contributed by atoms with Gasteiger partial charge in [0.2, 0.25) is 5.91 Å². The molecule has 1 amide bonds. The Morgan fingerprint density at radius 1 is 1.62 bits per heavy atom. The van der Waals surface area contributed by atoms with Crippen LogP contribution in [-0.4, -0.2) is 37.0 Å². The second-order valence-corrected chi connectivity index (χ2v) is 4.81. The molecule has 0 fully saturated rings. The molecule has 1 rings (SSSR count). The topological polar surface area (TPSA) is 32.3 Å². The number of nitrogens with zero attached hydrogens (tertiary/aromatic N) is 1. The van der Waals surface area contributed by atoms with Crippen LogP contribution in [0.5, 0.6) is 0 Å². The quantitative estimate of drug-likeness (QED) is 0.821. The van der Waals surface area contributed by atoms with Crippen molar-refractivity contribution in [2.75, 3.05) is 20.1 Å². The van der Waals surface area contributed by atoms with E-state index in [2.05, 4.69) is 29.1 Å². The van der Waals surface area contributed by atoms with Crippen LogP contribution in [0, 0.1) is 0 Å². The fourth-order valence-electron chi connectivity index (χ4n) is 1.41. The Morgan fingerprint density at radius 2 is 2.38 bits per heavy atom. The average molecular weight is 240 g/mol. The van der Waals surface area contributed by atoms with E-state index in [-0.39, 0.29) is 5.91 Å². The van der Waals surface area contributed by atoms with Gasteiger partial charge in [0.25, 0.3) is 0 Å². The molecule has 1 N–H and O–H groups in total. The minimum atomic E-state index is 0.152. The molecule has 0 saturated heterocycles. The van der Waals surface area contributed by atoms with Crippen LogP contribution in [0.2, 0.25) is 0 Å². The standard InChI is InChI=1S/C12H20N2OS/c1-4-14(3)12(15)8-13-10(2)7-11-5-6-16-9-11/h5-6,9-10,13H,4,7-8H2,1-3H3. The van der Waals surface area contributed by atoms with Crippen LogP contribution in [0.4, 0.5) is 0 Å². The predicted molar refractivity (Wildman–Crippen MR) is 68.8 cm³/mol. The number of thiophene rings is 1. The van der Waals surface area contributed by atoms with E-state index in [1.54, 1.807) is 16.2 Å². The van der Waals surface area contributed by atoms with Crippen molar-refractivity contribution >= 4 is 17.2 Å². The van der Waals surface area contributed by atoms with Gasteiger partial charge in [-0.1, -0.05) is 0 Å². The molecule has 16 heavy (non-hydrogen) atoms. The highest BCUT2D eigenvalue weighted by Gasteiger charge is 2.09. The number of rotatable bonds is 6. The van der Waals surface area contributed by atoms with Gasteiger partial charge in [-0.25, -0.2) is 0 Å². The van der Waals surface area contributed by atoms with Gasteiger partial charge < -0.3 is 10.2 Å². The third-order valence-corrected chi connectivity index (χ3v) is 3.36. The van der Waals surface area contributed by atoms with Crippen LogP contribution in [-0.2, 0) is 11.2 Å². The summed E-state index contributed by atoms with van der Waals surface area (Å²) in [5.41, 5.74) is 1.33. The van der Waals surface area contributed by atoms with Crippen molar-refractivity contribution in [1.82, 2.24) is 10.2 Å². The number of nitrogens with one attached hydrogen (secondary N) is 1. The Balaban J connectivity index is 2.25. The summed E-state index contributed by atoms with van der Waals surface area (Å²) in [5, 5.41) is 7.48. The molecule has 0 aliphatic rings. The van der Waals surface area contributed by atoms with Crippen LogP contribution >= 0.6 is 11.3 Å². The van der Waals surface area contributed by atoms with Gasteiger partial charge in [-0.15, -0.1) is 0 Å². The van der Waals surface area contributed by atoms with E-state index in [1.807, 2.05) is 14.0 Å². The summed E-state index contributed by atoms with van der Waals surface area (Å²) in [6.45, 7) is 5.28. The summed E-state index contributed by atoms with van der Waals surface area (Å²) < 4.78 is 0. The van der Waals surface area contributed by atoms with Crippen molar-refractivity contribution in [3.05, 3.63) is 22.4 Å². The summed E-state index contributed by atoms with van der Waals surface area (Å²) >= 11 is 1.71. The molecule has 3 nitrogen and oxygen atoms in total. The molecule has 0 bridgehead atoms. The molecule has 1 atom stereocenters. The summed E-state index contributed by atoms with van der Waals surface area (Å²) in [5.74, 6) is 0.152. The van der Waals surface area contributed by atoms with Gasteiger partial charge >= 0.3 is 0 Å². The largest absolute Gasteiger partial charge is 0.345 e. The minimum absolute atomic E-state index is 0.152. The molecule has 4 heteroatoms. The predicted octanol–water partition coefficient (Wildman–Crippen LogP) is 1.75. The average Bonchev–Trinajstić information content (AvgIpc) is 2.77. The number of carbonyl (C=O) groups is 1. The Bertz CT molecular complexity index is 311. The third kappa shape index (κ3) is 4.33. The number of hydrogen-bond acceptors (Lipinski definition) is 3. The molecule has 0 aliphatic heterocycles. The normalized spacial score (nSPS) is 12.4. The van der Waals surface area contributed by atoms with Crippen LogP contribution in [0.15, 0.2) is 16.8 Å². The molecule has 0 spiro atoms. The maximum absolute atomic E-state index is 11.5. The zero-order chi connectivity index (χ0) is 12.0. The lowest BCUT2D eigenvalue weighted by molar-refractivity contribution is -0.128. The first-order valence-electron chi connectivity index (χ1n) is 5.62. The van der Waals surface area contributed by atoms with E-state index in [0.29, 0.717) is 12.6 Å². The van der Waals surface area contributed by atoms with Crippen molar-refractivity contribution in [3.63, 3.8) is 0 Å². The monoisotopic (exact) mass is 240 g/mol. The van der Waals surface area contributed by atoms with Gasteiger partial charge in [-0.2, -0.15) is 11.3 Å². The summed E-state index contributed by atoms with van der Waals surface area (Å²) in [4.78, 5) is 13.3. The third-order valence-electron chi connectivity index (χ3n) is 2.62. The smallest absolute Gasteiger partial charge is 0.236 e. The maximum atomic E-state index is 11.5. The Morgan fingerprint density at radius 3 is 2.94 bits per heavy atom. The highest BCUT2D eigenvalue weighted by Crippen LogP contribution is 2.08. The fourth-order valence-corrected chi connectivity index (χ4v) is 2.09. The molecule has 0 radical (unpaired) electrons. The minimum Gasteiger partial charge on any atom is -0.345 e. The first-order chi connectivity index (χ1) is 7.63. The van der Waals surface area contributed by atoms with Gasteiger partial charge in [-0.05, 0) is 42.7 Å². The molecule has 90 valence electrons. The lowest BCUT2D eigenvalue weighted by atomic mass is 10.1. The van der Waals surface area contributed by atoms with Gasteiger partial charge in [0.05, 0.1) is 6.54 Å². The Labute approximate surface area is 101 Å². The van der Waals surface area contributed by atoms with E-state index in [0.717, 1.165) is 13.0 Å². The lowest BCUT2D eigenvalue weighted by Gasteiger charge is -2.17. The van der Waals surface area contributed by atoms with Crippen LogP contribution in [0.3, 0.4) is 0 Å². The second-order valence-electron chi connectivity index (χ2n) is 4.03. The zero-order valence-electron chi connectivity index (χ0n) is 10.2. The summed E-state index contributed by atoms with van der Waals surface area (Å²) in [6.07, 6.45) is 0.979. The van der Waals surface area contributed by atoms with E-state index in [1.165, 1.54) is 5.56 Å². The second kappa shape index (κ2) is 6.66. The first-order valence-corrected chi connectivity index (χ1v) is 6.56. The van der Waals surface area contributed by atoms with Crippen molar-refractivity contribution in [3.8, 4) is 0 Å². The zero-order valence-corrected chi connectivity index (χ0v) is 11.0. The first kappa shape index (κ1) is 13.2. The molecule has 0 saturated carbocycles. The maximum Gasteiger partial charge on any atom is 0.236 e. The summed E-state index contributed by atoms with van der Waals surface area (Å²) in [6, 6.07) is 2.46. The van der Waals surface area contributed by atoms with Crippen molar-refractivity contribution in [1.29, 1.82) is 0 Å². The molecule has 1 aromatic heterocycles. The van der Waals surface area contributed by atoms with Crippen LogP contribution in [0.1, 0.15) is 19.4 Å².